The van der Waals surface area contributed by atoms with Crippen molar-refractivity contribution in [3.8, 4) is 11.4 Å². The molecule has 0 bridgehead atoms. The van der Waals surface area contributed by atoms with Crippen LogP contribution in [0.1, 0.15) is 5.69 Å². The van der Waals surface area contributed by atoms with Gasteiger partial charge in [0.25, 0.3) is 0 Å². The standard InChI is InChI=1S/C12H10BrF2N3/c13-11-10-6-16-3-4-18(10)12(17-11)7-1-2-8(14)9(15)5-7/h1-2,5,16H,3-4,6H2. The molecule has 1 N–H and O–H groups in total. The van der Waals surface area contributed by atoms with Gasteiger partial charge in [0.2, 0.25) is 0 Å². The summed E-state index contributed by atoms with van der Waals surface area (Å²) in [5.41, 5.74) is 1.61. The summed E-state index contributed by atoms with van der Waals surface area (Å²) in [6.07, 6.45) is 0. The van der Waals surface area contributed by atoms with Crippen molar-refractivity contribution in [2.24, 2.45) is 0 Å². The van der Waals surface area contributed by atoms with Gasteiger partial charge in [-0.1, -0.05) is 0 Å². The van der Waals surface area contributed by atoms with Crippen LogP contribution in [0.25, 0.3) is 11.4 Å². The molecule has 0 amide bonds. The molecule has 94 valence electrons. The van der Waals surface area contributed by atoms with Crippen LogP contribution in [0.5, 0.6) is 0 Å². The lowest BCUT2D eigenvalue weighted by molar-refractivity contribution is 0.507. The molecule has 0 saturated carbocycles. The van der Waals surface area contributed by atoms with Crippen molar-refractivity contribution in [1.29, 1.82) is 0 Å². The normalized spacial score (nSPS) is 14.6. The van der Waals surface area contributed by atoms with Gasteiger partial charge in [-0.05, 0) is 34.1 Å². The van der Waals surface area contributed by atoms with Gasteiger partial charge in [-0.2, -0.15) is 0 Å². The fourth-order valence-corrected chi connectivity index (χ4v) is 2.64. The molecule has 1 aromatic carbocycles. The quantitative estimate of drug-likeness (QED) is 0.877. The third kappa shape index (κ3) is 1.85. The third-order valence-corrected chi connectivity index (χ3v) is 3.64. The second-order valence-corrected chi connectivity index (χ2v) is 4.88. The molecule has 0 radical (unpaired) electrons. The highest BCUT2D eigenvalue weighted by Gasteiger charge is 2.19. The van der Waals surface area contributed by atoms with Gasteiger partial charge < -0.3 is 9.88 Å². The maximum atomic E-state index is 13.3. The van der Waals surface area contributed by atoms with Crippen LogP contribution >= 0.6 is 15.9 Å². The van der Waals surface area contributed by atoms with E-state index in [1.54, 1.807) is 6.07 Å². The molecule has 2 heterocycles. The molecule has 1 aliphatic rings. The fourth-order valence-electron chi connectivity index (χ4n) is 2.12. The maximum Gasteiger partial charge on any atom is 0.159 e. The Morgan fingerprint density at radius 2 is 2.11 bits per heavy atom. The van der Waals surface area contributed by atoms with Gasteiger partial charge in [0.15, 0.2) is 11.6 Å². The predicted octanol–water partition coefficient (Wildman–Crippen LogP) is 2.69. The number of benzene rings is 1. The minimum atomic E-state index is -0.852. The number of imidazole rings is 1. The van der Waals surface area contributed by atoms with Crippen molar-refractivity contribution in [3.05, 3.63) is 40.1 Å². The number of aromatic nitrogens is 2. The molecule has 0 unspecified atom stereocenters. The van der Waals surface area contributed by atoms with Crippen LogP contribution in [-0.4, -0.2) is 16.1 Å². The second-order valence-electron chi connectivity index (χ2n) is 4.13. The van der Waals surface area contributed by atoms with Crippen molar-refractivity contribution in [1.82, 2.24) is 14.9 Å². The van der Waals surface area contributed by atoms with Crippen LogP contribution in [-0.2, 0) is 13.1 Å². The van der Waals surface area contributed by atoms with Crippen molar-refractivity contribution in [3.63, 3.8) is 0 Å². The minimum Gasteiger partial charge on any atom is -0.325 e. The first-order chi connectivity index (χ1) is 8.66. The second kappa shape index (κ2) is 4.44. The number of fused-ring (bicyclic) bond motifs is 1. The van der Waals surface area contributed by atoms with E-state index in [1.807, 2.05) is 4.57 Å². The van der Waals surface area contributed by atoms with Gasteiger partial charge in [-0.15, -0.1) is 0 Å². The molecule has 0 aliphatic carbocycles. The summed E-state index contributed by atoms with van der Waals surface area (Å²) in [5, 5.41) is 3.24. The van der Waals surface area contributed by atoms with E-state index >= 15 is 0 Å². The molecule has 3 nitrogen and oxygen atoms in total. The Balaban J connectivity index is 2.14. The SMILES string of the molecule is Fc1ccc(-c2nc(Br)c3n2CCNC3)cc1F. The summed E-state index contributed by atoms with van der Waals surface area (Å²) < 4.78 is 29.0. The van der Waals surface area contributed by atoms with E-state index in [4.69, 9.17) is 0 Å². The lowest BCUT2D eigenvalue weighted by Gasteiger charge is -2.18. The Bertz CT molecular complexity index is 610. The average molecular weight is 314 g/mol. The highest BCUT2D eigenvalue weighted by atomic mass is 79.9. The largest absolute Gasteiger partial charge is 0.325 e. The van der Waals surface area contributed by atoms with Gasteiger partial charge in [-0.25, -0.2) is 13.8 Å². The maximum absolute atomic E-state index is 13.3. The van der Waals surface area contributed by atoms with E-state index in [0.717, 1.165) is 36.0 Å². The Morgan fingerprint density at radius 1 is 1.28 bits per heavy atom. The van der Waals surface area contributed by atoms with Gasteiger partial charge in [-0.3, -0.25) is 0 Å². The van der Waals surface area contributed by atoms with Gasteiger partial charge in [0.05, 0.1) is 5.69 Å². The van der Waals surface area contributed by atoms with E-state index in [-0.39, 0.29) is 0 Å². The fraction of sp³-hybridized carbons (Fsp3) is 0.250. The van der Waals surface area contributed by atoms with E-state index in [9.17, 15) is 8.78 Å². The Kier molecular flexibility index (Phi) is 2.91. The minimum absolute atomic E-state index is 0.586. The van der Waals surface area contributed by atoms with E-state index in [1.165, 1.54) is 6.07 Å². The highest BCUT2D eigenvalue weighted by molar-refractivity contribution is 9.10. The molecule has 18 heavy (non-hydrogen) atoms. The van der Waals surface area contributed by atoms with Crippen molar-refractivity contribution in [2.45, 2.75) is 13.1 Å². The van der Waals surface area contributed by atoms with Crippen molar-refractivity contribution >= 4 is 15.9 Å². The molecule has 1 aliphatic heterocycles. The molecule has 6 heteroatoms. The van der Waals surface area contributed by atoms with Crippen LogP contribution < -0.4 is 5.32 Å². The van der Waals surface area contributed by atoms with Crippen LogP contribution in [0.3, 0.4) is 0 Å². The van der Waals surface area contributed by atoms with Crippen LogP contribution in [0.2, 0.25) is 0 Å². The average Bonchev–Trinajstić information content (AvgIpc) is 2.71. The van der Waals surface area contributed by atoms with Crippen LogP contribution in [0, 0.1) is 11.6 Å². The number of hydrogen-bond donors (Lipinski definition) is 1. The number of nitrogens with one attached hydrogen (secondary N) is 1. The first-order valence-electron chi connectivity index (χ1n) is 5.58. The Morgan fingerprint density at radius 3 is 2.89 bits per heavy atom. The van der Waals surface area contributed by atoms with Crippen LogP contribution in [0.15, 0.2) is 22.8 Å². The lowest BCUT2D eigenvalue weighted by Crippen LogP contribution is -2.28. The molecule has 0 atom stereocenters. The first kappa shape index (κ1) is 11.8. The zero-order valence-corrected chi connectivity index (χ0v) is 11.0. The molecule has 1 aromatic heterocycles. The highest BCUT2D eigenvalue weighted by Crippen LogP contribution is 2.28. The van der Waals surface area contributed by atoms with E-state index in [0.29, 0.717) is 11.4 Å². The Hall–Kier alpha value is -1.27. The molecule has 0 spiro atoms. The van der Waals surface area contributed by atoms with E-state index in [2.05, 4.69) is 26.2 Å². The molecule has 2 aromatic rings. The van der Waals surface area contributed by atoms with Gasteiger partial charge >= 0.3 is 0 Å². The number of hydrogen-bond acceptors (Lipinski definition) is 2. The van der Waals surface area contributed by atoms with E-state index < -0.39 is 11.6 Å². The molecular weight excluding hydrogens is 304 g/mol. The zero-order valence-electron chi connectivity index (χ0n) is 9.38. The molecule has 0 fully saturated rings. The molecular formula is C12H10BrF2N3. The van der Waals surface area contributed by atoms with Crippen LogP contribution in [0.4, 0.5) is 8.78 Å². The summed E-state index contributed by atoms with van der Waals surface area (Å²) in [5.74, 6) is -1.03. The monoisotopic (exact) mass is 313 g/mol. The number of halogens is 3. The smallest absolute Gasteiger partial charge is 0.159 e. The van der Waals surface area contributed by atoms with Gasteiger partial charge in [0.1, 0.15) is 10.4 Å². The summed E-state index contributed by atoms with van der Waals surface area (Å²) >= 11 is 3.39. The summed E-state index contributed by atoms with van der Waals surface area (Å²) in [6, 6.07) is 3.85. The summed E-state index contributed by atoms with van der Waals surface area (Å²) in [7, 11) is 0. The predicted molar refractivity (Wildman–Crippen MR) is 67.0 cm³/mol. The molecule has 0 saturated heterocycles. The topological polar surface area (TPSA) is 29.9 Å². The lowest BCUT2D eigenvalue weighted by atomic mass is 10.2. The Labute approximate surface area is 111 Å². The zero-order chi connectivity index (χ0) is 12.7. The third-order valence-electron chi connectivity index (χ3n) is 3.01. The van der Waals surface area contributed by atoms with Gasteiger partial charge in [0, 0.05) is 25.2 Å². The summed E-state index contributed by atoms with van der Waals surface area (Å²) in [6.45, 7) is 2.33. The first-order valence-corrected chi connectivity index (χ1v) is 6.37. The van der Waals surface area contributed by atoms with Crippen molar-refractivity contribution < 1.29 is 8.78 Å². The van der Waals surface area contributed by atoms with Crippen molar-refractivity contribution in [2.75, 3.05) is 6.54 Å². The number of nitrogens with zero attached hydrogens (tertiary/aromatic N) is 2. The molecule has 3 rings (SSSR count). The summed E-state index contributed by atoms with van der Waals surface area (Å²) in [4.78, 5) is 4.38. The number of rotatable bonds is 1.